The Morgan fingerprint density at radius 1 is 1.39 bits per heavy atom. The molecule has 1 aliphatic rings. The van der Waals surface area contributed by atoms with Crippen molar-refractivity contribution < 1.29 is 4.74 Å². The van der Waals surface area contributed by atoms with Crippen LogP contribution in [-0.2, 0) is 4.74 Å². The van der Waals surface area contributed by atoms with E-state index in [4.69, 9.17) is 27.8 Å². The minimum Gasteiger partial charge on any atom is -0.444 e. The summed E-state index contributed by atoms with van der Waals surface area (Å²) in [6.07, 6.45) is 2.06. The van der Waals surface area contributed by atoms with Crippen molar-refractivity contribution in [2.24, 2.45) is 5.73 Å². The topological polar surface area (TPSA) is 90.3 Å². The monoisotopic (exact) mass is 300 g/mol. The quantitative estimate of drug-likeness (QED) is 0.878. The maximum Gasteiger partial charge on any atom is 0.234 e. The van der Waals surface area contributed by atoms with Gasteiger partial charge in [-0.3, -0.25) is 10.6 Å². The van der Waals surface area contributed by atoms with Gasteiger partial charge in [-0.1, -0.05) is 0 Å². The molecule has 1 aliphatic heterocycles. The van der Waals surface area contributed by atoms with Crippen LogP contribution >= 0.6 is 34.3 Å². The van der Waals surface area contributed by atoms with E-state index in [-0.39, 0.29) is 5.22 Å². The second-order valence-corrected chi connectivity index (χ2v) is 5.44. The van der Waals surface area contributed by atoms with Crippen LogP contribution in [0.3, 0.4) is 0 Å². The number of rotatable bonds is 2. The third kappa shape index (κ3) is 2.03. The Labute approximate surface area is 115 Å². The Kier molecular flexibility index (Phi) is 2.86. The van der Waals surface area contributed by atoms with E-state index in [1.807, 2.05) is 10.8 Å². The number of nitrogens with zero attached hydrogens (tertiary/aromatic N) is 3. The number of hydrogen-bond donors (Lipinski definition) is 2. The summed E-state index contributed by atoms with van der Waals surface area (Å²) in [5.74, 6) is 0.615. The van der Waals surface area contributed by atoms with Crippen LogP contribution in [0.4, 0.5) is 10.9 Å². The van der Waals surface area contributed by atoms with Gasteiger partial charge in [0.25, 0.3) is 0 Å². The fraction of sp³-hybridized carbons (Fsp3) is 0.111. The van der Waals surface area contributed by atoms with Crippen LogP contribution < -0.4 is 16.4 Å². The standard InChI is InChI=1S/C9H7ClN5OS2/c10-5-1-15(9(12)16-5)6-3-17-7(14-6)4-2-18-8(11)13-4/h2-3,9H,12H2,(H2,11,13). The smallest absolute Gasteiger partial charge is 0.234 e. The number of nitrogens with two attached hydrogens (primary N) is 2. The van der Waals surface area contributed by atoms with Gasteiger partial charge >= 0.3 is 0 Å². The molecule has 1 atom stereocenters. The van der Waals surface area contributed by atoms with Crippen molar-refractivity contribution in [1.82, 2.24) is 9.97 Å². The Bertz CT molecular complexity index is 610. The molecule has 93 valence electrons. The molecule has 9 heteroatoms. The van der Waals surface area contributed by atoms with Crippen molar-refractivity contribution in [2.45, 2.75) is 6.35 Å². The Morgan fingerprint density at radius 3 is 2.83 bits per heavy atom. The van der Waals surface area contributed by atoms with E-state index < -0.39 is 6.35 Å². The van der Waals surface area contributed by atoms with Gasteiger partial charge in [0.15, 0.2) is 5.13 Å². The third-order valence-corrected chi connectivity index (χ3v) is 3.87. The maximum absolute atomic E-state index is 5.72. The van der Waals surface area contributed by atoms with Crippen molar-refractivity contribution in [3.8, 4) is 10.7 Å². The lowest BCUT2D eigenvalue weighted by molar-refractivity contribution is 0.168. The molecular weight excluding hydrogens is 294 g/mol. The fourth-order valence-corrected chi connectivity index (χ4v) is 2.97. The molecule has 0 saturated carbocycles. The average Bonchev–Trinajstić information content (AvgIpc) is 2.98. The zero-order valence-electron chi connectivity index (χ0n) is 8.83. The second-order valence-electron chi connectivity index (χ2n) is 3.35. The number of ether oxygens (including phenoxy) is 1. The molecule has 2 aromatic rings. The van der Waals surface area contributed by atoms with E-state index >= 15 is 0 Å². The normalized spacial score (nSPS) is 18.9. The summed E-state index contributed by atoms with van der Waals surface area (Å²) in [7, 11) is 0. The molecule has 0 amide bonds. The number of hydrogen-bond acceptors (Lipinski definition) is 8. The van der Waals surface area contributed by atoms with Gasteiger partial charge in [-0.25, -0.2) is 9.97 Å². The lowest BCUT2D eigenvalue weighted by Crippen LogP contribution is -2.36. The van der Waals surface area contributed by atoms with Crippen LogP contribution in [0.5, 0.6) is 0 Å². The molecule has 0 aromatic carbocycles. The van der Waals surface area contributed by atoms with E-state index in [1.54, 1.807) is 0 Å². The summed E-state index contributed by atoms with van der Waals surface area (Å²) in [6.45, 7) is 0. The molecule has 2 aromatic heterocycles. The molecule has 1 radical (unpaired) electrons. The molecule has 0 aliphatic carbocycles. The Morgan fingerprint density at radius 2 is 2.22 bits per heavy atom. The minimum absolute atomic E-state index is 0.120. The van der Waals surface area contributed by atoms with Crippen LogP contribution in [0.15, 0.2) is 16.0 Å². The molecule has 0 spiro atoms. The van der Waals surface area contributed by atoms with E-state index in [2.05, 4.69) is 16.2 Å². The molecule has 3 rings (SSSR count). The zero-order valence-corrected chi connectivity index (χ0v) is 11.2. The lowest BCUT2D eigenvalue weighted by atomic mass is 10.5. The van der Waals surface area contributed by atoms with E-state index in [0.29, 0.717) is 10.9 Å². The Balaban J connectivity index is 1.90. The summed E-state index contributed by atoms with van der Waals surface area (Å²) in [6, 6.07) is 0. The van der Waals surface area contributed by atoms with Crippen molar-refractivity contribution in [3.63, 3.8) is 0 Å². The lowest BCUT2D eigenvalue weighted by Gasteiger charge is -2.16. The van der Waals surface area contributed by atoms with E-state index in [0.717, 1.165) is 10.7 Å². The molecule has 3 heterocycles. The highest BCUT2D eigenvalue weighted by Gasteiger charge is 2.25. The molecular formula is C9H7ClN5OS2. The third-order valence-electron chi connectivity index (χ3n) is 2.17. The first-order chi connectivity index (χ1) is 8.63. The zero-order chi connectivity index (χ0) is 12.7. The van der Waals surface area contributed by atoms with Gasteiger partial charge in [0.2, 0.25) is 11.6 Å². The molecule has 0 fully saturated rings. The van der Waals surface area contributed by atoms with Crippen LogP contribution in [-0.4, -0.2) is 16.3 Å². The maximum atomic E-state index is 5.72. The summed E-state index contributed by atoms with van der Waals surface area (Å²) in [5.41, 5.74) is 12.1. The summed E-state index contributed by atoms with van der Waals surface area (Å²) in [5, 5.41) is 5.07. The minimum atomic E-state index is -0.701. The first kappa shape index (κ1) is 11.7. The van der Waals surface area contributed by atoms with Crippen molar-refractivity contribution >= 4 is 45.2 Å². The van der Waals surface area contributed by atoms with Gasteiger partial charge in [0.1, 0.15) is 22.7 Å². The van der Waals surface area contributed by atoms with Gasteiger partial charge in [-0.05, 0) is 11.6 Å². The first-order valence-corrected chi connectivity index (χ1v) is 6.94. The van der Waals surface area contributed by atoms with Crippen molar-refractivity contribution in [1.29, 1.82) is 0 Å². The molecule has 1 unspecified atom stereocenters. The number of aromatic nitrogens is 2. The van der Waals surface area contributed by atoms with Gasteiger partial charge < -0.3 is 10.5 Å². The van der Waals surface area contributed by atoms with Gasteiger partial charge in [0.05, 0.1) is 0 Å². The molecule has 0 saturated heterocycles. The largest absolute Gasteiger partial charge is 0.444 e. The van der Waals surface area contributed by atoms with Gasteiger partial charge in [-0.15, -0.1) is 22.7 Å². The number of nitrogen functional groups attached to an aromatic ring is 1. The molecule has 4 N–H and O–H groups in total. The highest BCUT2D eigenvalue weighted by atomic mass is 35.5. The predicted octanol–water partition coefficient (Wildman–Crippen LogP) is 1.77. The van der Waals surface area contributed by atoms with Crippen LogP contribution in [0.2, 0.25) is 0 Å². The Hall–Kier alpha value is -1.35. The van der Waals surface area contributed by atoms with Crippen LogP contribution in [0, 0.1) is 6.20 Å². The highest BCUT2D eigenvalue weighted by Crippen LogP contribution is 2.31. The van der Waals surface area contributed by atoms with Crippen molar-refractivity contribution in [3.05, 3.63) is 22.2 Å². The predicted molar refractivity (Wildman–Crippen MR) is 71.8 cm³/mol. The number of thiazole rings is 2. The van der Waals surface area contributed by atoms with Crippen LogP contribution in [0.25, 0.3) is 10.7 Å². The summed E-state index contributed by atoms with van der Waals surface area (Å²) < 4.78 is 5.05. The summed E-state index contributed by atoms with van der Waals surface area (Å²) in [4.78, 5) is 10.1. The molecule has 6 nitrogen and oxygen atoms in total. The van der Waals surface area contributed by atoms with E-state index in [9.17, 15) is 0 Å². The SMILES string of the molecule is Nc1nc(-c2nc(N3[C]=C(Cl)OC3N)cs2)cs1. The number of halogens is 1. The number of anilines is 2. The van der Waals surface area contributed by atoms with Crippen molar-refractivity contribution in [2.75, 3.05) is 10.6 Å². The second kappa shape index (κ2) is 4.39. The molecule has 0 bridgehead atoms. The van der Waals surface area contributed by atoms with Gasteiger partial charge in [0, 0.05) is 10.8 Å². The summed E-state index contributed by atoms with van der Waals surface area (Å²) >= 11 is 8.50. The van der Waals surface area contributed by atoms with E-state index in [1.165, 1.54) is 27.6 Å². The van der Waals surface area contributed by atoms with Crippen LogP contribution in [0.1, 0.15) is 0 Å². The van der Waals surface area contributed by atoms with Gasteiger partial charge in [-0.2, -0.15) is 0 Å². The average molecular weight is 301 g/mol. The molecule has 18 heavy (non-hydrogen) atoms. The fourth-order valence-electron chi connectivity index (χ4n) is 1.41. The highest BCUT2D eigenvalue weighted by molar-refractivity contribution is 7.15. The first-order valence-electron chi connectivity index (χ1n) is 4.81.